The number of hydrogen-bond donors (Lipinski definition) is 3. The van der Waals surface area contributed by atoms with Gasteiger partial charge in [-0.1, -0.05) is 6.04 Å². The number of phenols is 2. The Kier molecular flexibility index (Phi) is 4.54. The van der Waals surface area contributed by atoms with E-state index in [0.29, 0.717) is 29.4 Å². The number of rotatable bonds is 4. The number of ether oxygens (including phenoxy) is 4. The number of fused-ring (bicyclic) bond motifs is 2. The average molecular weight is 478 g/mol. The van der Waals surface area contributed by atoms with Crippen LogP contribution in [0.1, 0.15) is 38.6 Å². The molecule has 176 valence electrons. The van der Waals surface area contributed by atoms with Crippen molar-refractivity contribution in [3.63, 3.8) is 0 Å². The lowest BCUT2D eigenvalue weighted by Crippen LogP contribution is -1.99. The van der Waals surface area contributed by atoms with Gasteiger partial charge in [0, 0.05) is 13.9 Å². The lowest BCUT2D eigenvalue weighted by molar-refractivity contribution is -0.136. The topological polar surface area (TPSA) is 149 Å². The highest BCUT2D eigenvalue weighted by atomic mass is 16.7. The first kappa shape index (κ1) is 13.7. The van der Waals surface area contributed by atoms with Crippen LogP contribution in [0.5, 0.6) is 34.5 Å². The second kappa shape index (κ2) is 11.2. The smallest absolute Gasteiger partial charge is 0.307 e. The van der Waals surface area contributed by atoms with E-state index in [-0.39, 0.29) is 17.2 Å². The van der Waals surface area contributed by atoms with Gasteiger partial charge in [-0.25, -0.2) is 0 Å². The Balaban J connectivity index is 0.000000196. The number of carboxylic acids is 1. The van der Waals surface area contributed by atoms with Crippen molar-refractivity contribution in [2.24, 2.45) is 0 Å². The maximum Gasteiger partial charge on any atom is 0.307 e. The molecule has 0 aliphatic carbocycles. The van der Waals surface area contributed by atoms with E-state index < -0.39 is 61.0 Å². The molecule has 5 rings (SSSR count). The van der Waals surface area contributed by atoms with Crippen LogP contribution in [0.2, 0.25) is 0 Å². The molecule has 2 heterocycles. The highest BCUT2D eigenvalue weighted by molar-refractivity contribution is 5.77. The van der Waals surface area contributed by atoms with Crippen molar-refractivity contribution in [1.29, 1.82) is 1.43 Å². The summed E-state index contributed by atoms with van der Waals surface area (Å²) >= 11 is 0. The van der Waals surface area contributed by atoms with Gasteiger partial charge in [-0.2, -0.15) is 0 Å². The number of carbonyl (C=O) groups excluding carboxylic acids is 2. The molecule has 0 radical (unpaired) electrons. The zero-order valence-electron chi connectivity index (χ0n) is 26.8. The number of carboxylic acid groups (broad SMARTS) is 1. The van der Waals surface area contributed by atoms with Gasteiger partial charge in [-0.05, 0) is 54.0 Å². The number of aromatic hydroxyl groups is 2. The molecule has 0 amide bonds. The summed E-state index contributed by atoms with van der Waals surface area (Å²) in [6.45, 7) is -4.79. The predicted octanol–water partition coefficient (Wildman–Crippen LogP) is 3.18. The van der Waals surface area contributed by atoms with E-state index >= 15 is 0 Å². The Morgan fingerprint density at radius 3 is 2.26 bits per heavy atom. The molecule has 3 aromatic carbocycles. The highest BCUT2D eigenvalue weighted by Gasteiger charge is 2.14. The van der Waals surface area contributed by atoms with Crippen LogP contribution in [0.4, 0.5) is 0 Å². The van der Waals surface area contributed by atoms with Crippen LogP contribution in [0.15, 0.2) is 54.5 Å². The highest BCUT2D eigenvalue weighted by Crippen LogP contribution is 2.33. The van der Waals surface area contributed by atoms with Crippen LogP contribution >= 0.6 is 0 Å². The molecule has 0 saturated carbocycles. The zero-order valence-corrected chi connectivity index (χ0v) is 16.8. The molecule has 0 saturated heterocycles. The molecule has 3 N–H and O–H groups in total. The molecule has 0 spiro atoms. The molecule has 10 heteroatoms. The number of aldehydes is 2. The van der Waals surface area contributed by atoms with Crippen molar-refractivity contribution in [1.82, 2.24) is 0 Å². The Labute approximate surface area is 207 Å². The van der Waals surface area contributed by atoms with Gasteiger partial charge in [0.05, 0.1) is 10.5 Å². The summed E-state index contributed by atoms with van der Waals surface area (Å²) in [4.78, 5) is 31.8. The van der Waals surface area contributed by atoms with Crippen molar-refractivity contribution in [3.05, 3.63) is 71.2 Å². The van der Waals surface area contributed by atoms with E-state index in [2.05, 4.69) is 14.6 Å². The molecule has 34 heavy (non-hydrogen) atoms. The summed E-state index contributed by atoms with van der Waals surface area (Å²) in [6, 6.07) is 5.95. The van der Waals surface area contributed by atoms with Crippen LogP contribution in [0.25, 0.3) is 1.43 Å². The van der Waals surface area contributed by atoms with Crippen molar-refractivity contribution >= 4 is 18.5 Å². The molecule has 0 bridgehead atoms. The molecular formula is C24H20O10. The van der Waals surface area contributed by atoms with Gasteiger partial charge in [0.15, 0.2) is 34.5 Å². The van der Waals surface area contributed by atoms with Gasteiger partial charge in [-0.3, -0.25) is 14.4 Å². The Morgan fingerprint density at radius 2 is 1.56 bits per heavy atom. The van der Waals surface area contributed by atoms with Crippen molar-refractivity contribution in [3.8, 4) is 34.5 Å². The maximum atomic E-state index is 11.3. The lowest BCUT2D eigenvalue weighted by Gasteiger charge is -1.98. The zero-order chi connectivity index (χ0) is 33.2. The van der Waals surface area contributed by atoms with E-state index in [4.69, 9.17) is 33.5 Å². The molecule has 0 unspecified atom stereocenters. The maximum absolute atomic E-state index is 11.3. The van der Waals surface area contributed by atoms with Crippen LogP contribution in [-0.4, -0.2) is 47.4 Å². The van der Waals surface area contributed by atoms with Gasteiger partial charge in [0.25, 0.3) is 1.43 Å². The monoisotopic (exact) mass is 478 g/mol. The van der Waals surface area contributed by atoms with E-state index in [9.17, 15) is 14.4 Å². The van der Waals surface area contributed by atoms with Crippen LogP contribution < -0.4 is 18.9 Å². The minimum atomic E-state index is -3.04. The summed E-state index contributed by atoms with van der Waals surface area (Å²) < 4.78 is 92.4. The summed E-state index contributed by atoms with van der Waals surface area (Å²) in [6.07, 6.45) is -1.78. The number of aliphatic carboxylic acids is 1. The molecule has 10 nitrogen and oxygen atoms in total. The molecule has 0 fully saturated rings. The third-order valence-corrected chi connectivity index (χ3v) is 3.80. The molecule has 0 aromatic heterocycles. The van der Waals surface area contributed by atoms with Crippen LogP contribution in [0, 0.1) is 0 Å². The predicted molar refractivity (Wildman–Crippen MR) is 117 cm³/mol. The summed E-state index contributed by atoms with van der Waals surface area (Å²) in [5.74, 6) is -2.70. The second-order valence-corrected chi connectivity index (χ2v) is 6.09. The second-order valence-electron chi connectivity index (χ2n) is 6.09. The summed E-state index contributed by atoms with van der Waals surface area (Å²) in [5.41, 5.74) is -0.0832. The van der Waals surface area contributed by atoms with E-state index in [1.807, 2.05) is 0 Å². The van der Waals surface area contributed by atoms with Crippen molar-refractivity contribution < 1.29 is 61.0 Å². The number of hydrogen-bond acceptors (Lipinski definition) is 10. The fraction of sp³-hybridized carbons (Fsp3) is 0.125. The van der Waals surface area contributed by atoms with Gasteiger partial charge in [0.1, 0.15) is 18.1 Å². The molecule has 2 aliphatic rings. The lowest BCUT2D eigenvalue weighted by atomic mass is 10.1. The normalized spacial score (nSPS) is 19.4. The largest absolute Gasteiger partial charge is 0.504 e. The SMILES string of the molecule is O=Cc1ccc(O)c(O)c1.[2H]C1([2H])Oc2ccc(C=O)cc2O1.[2H]OC(=O)C([2H])([2H])c1c([2H])c([2H])c2c(c1[2H])OC([2H])([2H])O2. The fourth-order valence-corrected chi connectivity index (χ4v) is 2.28. The first-order valence-electron chi connectivity index (χ1n) is 13.9. The quantitative estimate of drug-likeness (QED) is 0.377. The summed E-state index contributed by atoms with van der Waals surface area (Å²) in [7, 11) is 0. The van der Waals surface area contributed by atoms with Crippen molar-refractivity contribution in [2.75, 3.05) is 13.5 Å². The van der Waals surface area contributed by atoms with Crippen LogP contribution in [0.3, 0.4) is 0 Å². The number of carbonyl (C=O) groups is 3. The number of benzene rings is 3. The molecular weight excluding hydrogens is 448 g/mol. The minimum absolute atomic E-state index is 0.217. The Hall–Kier alpha value is -4.73. The Bertz CT molecular complexity index is 1610. The van der Waals surface area contributed by atoms with Gasteiger partial charge in [-0.15, -0.1) is 0 Å². The summed E-state index contributed by atoms with van der Waals surface area (Å²) in [5, 5.41) is 21.1. The fourth-order valence-electron chi connectivity index (χ4n) is 2.28. The van der Waals surface area contributed by atoms with Gasteiger partial charge in [0.2, 0.25) is 13.5 Å². The van der Waals surface area contributed by atoms with E-state index in [1.165, 1.54) is 36.4 Å². The standard InChI is InChI=1S/C9H8O4.C8H6O3.C7H6O3/c10-9(11)4-6-1-2-7-8(3-6)13-5-12-7;9-4-6-1-2-7-8(3-6)11-5-10-7;8-4-5-1-2-6(9)7(10)3-5/h1-3H,4-5H2,(H,10,11);1-4H,5H2;1-4,9-10H/i1D,2D,3D,4D2,5D2;5D2;/hD. The molecule has 2 aliphatic heterocycles. The van der Waals surface area contributed by atoms with E-state index in [1.54, 1.807) is 0 Å². The van der Waals surface area contributed by atoms with Gasteiger partial charge >= 0.3 is 5.97 Å². The first-order chi connectivity index (χ1) is 20.4. The molecule has 0 atom stereocenters. The molecule has 3 aromatic rings. The van der Waals surface area contributed by atoms with Crippen LogP contribution in [-0.2, 0) is 11.2 Å². The third kappa shape index (κ3) is 6.39. The minimum Gasteiger partial charge on any atom is -0.504 e. The third-order valence-electron chi connectivity index (χ3n) is 3.80. The van der Waals surface area contributed by atoms with Gasteiger partial charge < -0.3 is 34.3 Å². The Morgan fingerprint density at radius 1 is 0.912 bits per heavy atom. The first-order valence-corrected chi connectivity index (χ1v) is 9.01. The van der Waals surface area contributed by atoms with E-state index in [0.717, 1.165) is 0 Å². The van der Waals surface area contributed by atoms with Crippen molar-refractivity contribution in [2.45, 2.75) is 6.37 Å². The number of phenolic OH excluding ortho intramolecular Hbond substituents is 2. The average Bonchev–Trinajstić information content (AvgIpc) is 3.46.